The fourth-order valence-corrected chi connectivity index (χ4v) is 2.29. The first-order chi connectivity index (χ1) is 8.88. The summed E-state index contributed by atoms with van der Waals surface area (Å²) >= 11 is 5.20. The van der Waals surface area contributed by atoms with E-state index in [2.05, 4.69) is 24.3 Å². The van der Waals surface area contributed by atoms with E-state index in [4.69, 9.17) is 12.2 Å². The lowest BCUT2D eigenvalue weighted by atomic mass is 10.2. The molecule has 0 aliphatic carbocycles. The summed E-state index contributed by atoms with van der Waals surface area (Å²) in [6, 6.07) is 0. The van der Waals surface area contributed by atoms with Crippen LogP contribution < -0.4 is 5.32 Å². The van der Waals surface area contributed by atoms with E-state index in [0.717, 1.165) is 11.3 Å². The molecule has 6 heteroatoms. The normalized spacial score (nSPS) is 17.7. The smallest absolute Gasteiger partial charge is 0.276 e. The highest BCUT2D eigenvalue weighted by molar-refractivity contribution is 7.80. The van der Waals surface area contributed by atoms with Gasteiger partial charge in [0.05, 0.1) is 5.69 Å². The first kappa shape index (κ1) is 13.7. The third-order valence-electron chi connectivity index (χ3n) is 2.86. The first-order valence-electron chi connectivity index (χ1n) is 6.23. The van der Waals surface area contributed by atoms with Crippen molar-refractivity contribution in [2.45, 2.75) is 20.8 Å². The van der Waals surface area contributed by atoms with E-state index in [9.17, 15) is 4.79 Å². The van der Waals surface area contributed by atoms with E-state index in [0.29, 0.717) is 23.3 Å². The van der Waals surface area contributed by atoms with Crippen LogP contribution in [0.5, 0.6) is 0 Å². The van der Waals surface area contributed by atoms with E-state index < -0.39 is 0 Å². The third kappa shape index (κ3) is 2.84. The Morgan fingerprint density at radius 2 is 2.21 bits per heavy atom. The van der Waals surface area contributed by atoms with E-state index >= 15 is 0 Å². The van der Waals surface area contributed by atoms with Crippen molar-refractivity contribution in [1.29, 1.82) is 0 Å². The number of amides is 1. The first-order valence-corrected chi connectivity index (χ1v) is 6.64. The Labute approximate surface area is 118 Å². The molecule has 0 aromatic carbocycles. The quantitative estimate of drug-likeness (QED) is 0.671. The van der Waals surface area contributed by atoms with Gasteiger partial charge in [0.1, 0.15) is 5.70 Å². The number of nitrogens with one attached hydrogen (secondary N) is 1. The van der Waals surface area contributed by atoms with Gasteiger partial charge in [0.15, 0.2) is 5.11 Å². The van der Waals surface area contributed by atoms with Crippen LogP contribution in [0.2, 0.25) is 0 Å². The number of carbonyl (C=O) groups is 1. The number of carbonyl (C=O) groups excluding carboxylic acids is 1. The number of aromatic nitrogens is 2. The molecular formula is C13H18N4OS. The van der Waals surface area contributed by atoms with E-state index in [1.807, 2.05) is 20.2 Å². The minimum Gasteiger partial charge on any atom is -0.328 e. The number of hydrogen-bond acceptors (Lipinski definition) is 3. The molecule has 2 rings (SSSR count). The summed E-state index contributed by atoms with van der Waals surface area (Å²) in [6.45, 7) is 6.66. The predicted molar refractivity (Wildman–Crippen MR) is 78.2 cm³/mol. The Morgan fingerprint density at radius 1 is 1.53 bits per heavy atom. The molecule has 0 radical (unpaired) electrons. The SMILES string of the molecule is Cc1nn(C)cc1/C=C1\NC(=S)N(CC(C)C)C1=O. The monoisotopic (exact) mass is 278 g/mol. The van der Waals surface area contributed by atoms with E-state index in [-0.39, 0.29) is 5.91 Å². The molecule has 1 aromatic heterocycles. The zero-order valence-corrected chi connectivity index (χ0v) is 12.4. The van der Waals surface area contributed by atoms with Crippen molar-refractivity contribution < 1.29 is 4.79 Å². The van der Waals surface area contributed by atoms with Gasteiger partial charge in [-0.15, -0.1) is 0 Å². The average Bonchev–Trinajstić information content (AvgIpc) is 2.74. The van der Waals surface area contributed by atoms with Gasteiger partial charge >= 0.3 is 0 Å². The second kappa shape index (κ2) is 5.13. The maximum Gasteiger partial charge on any atom is 0.276 e. The molecule has 1 saturated heterocycles. The van der Waals surface area contributed by atoms with Crippen LogP contribution in [0.3, 0.4) is 0 Å². The molecule has 2 heterocycles. The van der Waals surface area contributed by atoms with Crippen LogP contribution in [0.1, 0.15) is 25.1 Å². The van der Waals surface area contributed by atoms with Crippen molar-refractivity contribution in [2.75, 3.05) is 6.54 Å². The topological polar surface area (TPSA) is 50.2 Å². The van der Waals surface area contributed by atoms with Crippen LogP contribution in [0.25, 0.3) is 6.08 Å². The Kier molecular flexibility index (Phi) is 3.71. The third-order valence-corrected chi connectivity index (χ3v) is 3.18. The summed E-state index contributed by atoms with van der Waals surface area (Å²) in [7, 11) is 1.86. The highest BCUT2D eigenvalue weighted by atomic mass is 32.1. The lowest BCUT2D eigenvalue weighted by Crippen LogP contribution is -2.33. The molecule has 1 aliphatic heterocycles. The standard InChI is InChI=1S/C13H18N4OS/c1-8(2)6-17-12(18)11(14-13(17)19)5-10-7-16(4)15-9(10)3/h5,7-8H,6H2,1-4H3,(H,14,19)/b11-5-. The van der Waals surface area contributed by atoms with Gasteiger partial charge in [0.2, 0.25) is 0 Å². The molecule has 5 nitrogen and oxygen atoms in total. The van der Waals surface area contributed by atoms with Gasteiger partial charge in [0, 0.05) is 25.4 Å². The average molecular weight is 278 g/mol. The summed E-state index contributed by atoms with van der Waals surface area (Å²) in [5.74, 6) is 0.310. The molecule has 1 N–H and O–H groups in total. The van der Waals surface area contributed by atoms with Crippen molar-refractivity contribution in [3.05, 3.63) is 23.2 Å². The molecule has 1 fully saturated rings. The fourth-order valence-electron chi connectivity index (χ4n) is 2.02. The molecule has 0 spiro atoms. The lowest BCUT2D eigenvalue weighted by molar-refractivity contribution is -0.122. The van der Waals surface area contributed by atoms with Crippen molar-refractivity contribution >= 4 is 29.3 Å². The molecule has 1 amide bonds. The zero-order chi connectivity index (χ0) is 14.2. The number of nitrogens with zero attached hydrogens (tertiary/aromatic N) is 3. The molecule has 0 unspecified atom stereocenters. The molecule has 0 atom stereocenters. The summed E-state index contributed by atoms with van der Waals surface area (Å²) in [5.41, 5.74) is 2.33. The van der Waals surface area contributed by atoms with Gasteiger partial charge < -0.3 is 5.32 Å². The van der Waals surface area contributed by atoms with Crippen LogP contribution in [-0.4, -0.2) is 32.2 Å². The fraction of sp³-hybridized carbons (Fsp3) is 0.462. The summed E-state index contributed by atoms with van der Waals surface area (Å²) in [6.07, 6.45) is 3.68. The van der Waals surface area contributed by atoms with E-state index in [1.54, 1.807) is 15.7 Å². The molecule has 1 aromatic rings. The molecule has 0 saturated carbocycles. The van der Waals surface area contributed by atoms with Crippen molar-refractivity contribution in [2.24, 2.45) is 13.0 Å². The minimum atomic E-state index is -0.0676. The zero-order valence-electron chi connectivity index (χ0n) is 11.6. The largest absolute Gasteiger partial charge is 0.328 e. The van der Waals surface area contributed by atoms with Crippen molar-refractivity contribution in [3.8, 4) is 0 Å². The second-order valence-electron chi connectivity index (χ2n) is 5.14. The van der Waals surface area contributed by atoms with Crippen molar-refractivity contribution in [3.63, 3.8) is 0 Å². The minimum absolute atomic E-state index is 0.0676. The molecule has 19 heavy (non-hydrogen) atoms. The Morgan fingerprint density at radius 3 is 2.74 bits per heavy atom. The Hall–Kier alpha value is -1.69. The summed E-state index contributed by atoms with van der Waals surface area (Å²) in [4.78, 5) is 13.9. The van der Waals surface area contributed by atoms with Gasteiger partial charge in [0.25, 0.3) is 5.91 Å². The number of aryl methyl sites for hydroxylation is 2. The molecule has 1 aliphatic rings. The van der Waals surface area contributed by atoms with Gasteiger partial charge in [-0.1, -0.05) is 13.8 Å². The molecule has 102 valence electrons. The maximum atomic E-state index is 12.3. The van der Waals surface area contributed by atoms with Crippen LogP contribution in [0.4, 0.5) is 0 Å². The number of rotatable bonds is 3. The van der Waals surface area contributed by atoms with Crippen molar-refractivity contribution in [1.82, 2.24) is 20.0 Å². The summed E-state index contributed by atoms with van der Waals surface area (Å²) in [5, 5.41) is 7.71. The van der Waals surface area contributed by atoms with E-state index in [1.165, 1.54) is 0 Å². The van der Waals surface area contributed by atoms with Gasteiger partial charge in [-0.2, -0.15) is 5.10 Å². The van der Waals surface area contributed by atoms with Crippen LogP contribution >= 0.6 is 12.2 Å². The number of thiocarbonyl (C=S) groups is 1. The lowest BCUT2D eigenvalue weighted by Gasteiger charge is -2.15. The van der Waals surface area contributed by atoms with Gasteiger partial charge in [-0.25, -0.2) is 0 Å². The van der Waals surface area contributed by atoms with Crippen LogP contribution in [-0.2, 0) is 11.8 Å². The van der Waals surface area contributed by atoms with Crippen LogP contribution in [0, 0.1) is 12.8 Å². The van der Waals surface area contributed by atoms with Gasteiger partial charge in [-0.05, 0) is 31.1 Å². The maximum absolute atomic E-state index is 12.3. The number of hydrogen-bond donors (Lipinski definition) is 1. The second-order valence-corrected chi connectivity index (χ2v) is 5.53. The predicted octanol–water partition coefficient (Wildman–Crippen LogP) is 1.44. The Balaban J connectivity index is 2.25. The molecule has 0 bridgehead atoms. The van der Waals surface area contributed by atoms with Crippen LogP contribution in [0.15, 0.2) is 11.9 Å². The Bertz CT molecular complexity index is 559. The molecular weight excluding hydrogens is 260 g/mol. The van der Waals surface area contributed by atoms with Gasteiger partial charge in [-0.3, -0.25) is 14.4 Å². The highest BCUT2D eigenvalue weighted by Crippen LogP contribution is 2.17. The highest BCUT2D eigenvalue weighted by Gasteiger charge is 2.30. The summed E-state index contributed by atoms with van der Waals surface area (Å²) < 4.78 is 1.73.